The van der Waals surface area contributed by atoms with Crippen LogP contribution >= 0.6 is 23.4 Å². The molecule has 0 aliphatic rings. The van der Waals surface area contributed by atoms with Gasteiger partial charge in [-0.2, -0.15) is 0 Å². The van der Waals surface area contributed by atoms with Gasteiger partial charge in [0.05, 0.1) is 22.7 Å². The zero-order valence-corrected chi connectivity index (χ0v) is 14.3. The van der Waals surface area contributed by atoms with Crippen molar-refractivity contribution in [1.82, 2.24) is 9.97 Å². The average molecular weight is 387 g/mol. The Morgan fingerprint density at radius 1 is 1.16 bits per heavy atom. The second kappa shape index (κ2) is 10.2. The molecule has 0 aliphatic carbocycles. The molecule has 0 aliphatic heterocycles. The van der Waals surface area contributed by atoms with Gasteiger partial charge < -0.3 is 4.74 Å². The van der Waals surface area contributed by atoms with Crippen LogP contribution in [0.1, 0.15) is 0 Å². The van der Waals surface area contributed by atoms with Crippen LogP contribution in [0.4, 0.5) is 11.4 Å². The summed E-state index contributed by atoms with van der Waals surface area (Å²) in [5, 5.41) is 20.8. The first-order valence-electron chi connectivity index (χ1n) is 6.40. The maximum absolute atomic E-state index is 10.8. The third-order valence-corrected chi connectivity index (χ3v) is 3.70. The molecule has 0 atom stereocenters. The molecular weight excluding hydrogens is 376 g/mol. The first kappa shape index (κ1) is 20.3. The Bertz CT molecular complexity index is 776. The van der Waals surface area contributed by atoms with Crippen LogP contribution in [-0.4, -0.2) is 38.6 Å². The molecule has 2 heterocycles. The number of nitrogens with zero attached hydrogens (tertiary/aromatic N) is 4. The molecule has 0 bridgehead atoms. The number of esters is 1. The van der Waals surface area contributed by atoms with E-state index >= 15 is 0 Å². The highest BCUT2D eigenvalue weighted by molar-refractivity contribution is 8.00. The quantitative estimate of drug-likeness (QED) is 0.249. The molecule has 132 valence electrons. The van der Waals surface area contributed by atoms with Crippen molar-refractivity contribution in [2.24, 2.45) is 0 Å². The van der Waals surface area contributed by atoms with Crippen LogP contribution in [0, 0.1) is 20.2 Å². The van der Waals surface area contributed by atoms with E-state index in [2.05, 4.69) is 14.7 Å². The summed E-state index contributed by atoms with van der Waals surface area (Å²) in [6.45, 7) is 0. The van der Waals surface area contributed by atoms with Gasteiger partial charge in [0.25, 0.3) is 0 Å². The normalized spacial score (nSPS) is 9.52. The number of rotatable bonds is 5. The van der Waals surface area contributed by atoms with Crippen molar-refractivity contribution in [3.63, 3.8) is 0 Å². The fourth-order valence-corrected chi connectivity index (χ4v) is 2.32. The van der Waals surface area contributed by atoms with Crippen molar-refractivity contribution in [2.75, 3.05) is 12.9 Å². The van der Waals surface area contributed by atoms with Crippen LogP contribution < -0.4 is 0 Å². The molecule has 0 amide bonds. The zero-order valence-electron chi connectivity index (χ0n) is 12.7. The van der Waals surface area contributed by atoms with Gasteiger partial charge in [-0.3, -0.25) is 25.0 Å². The highest BCUT2D eigenvalue weighted by atomic mass is 35.5. The SMILES string of the molecule is COC(=O)CSc1ncccc1[N+](=O)[O-].O=[N+]([O-])c1cccnc1Cl. The number of hydrogen-bond acceptors (Lipinski definition) is 9. The minimum atomic E-state index is -0.574. The van der Waals surface area contributed by atoms with E-state index in [4.69, 9.17) is 11.6 Å². The lowest BCUT2D eigenvalue weighted by molar-refractivity contribution is -0.388. The molecule has 0 spiro atoms. The summed E-state index contributed by atoms with van der Waals surface area (Å²) in [5.41, 5.74) is -0.268. The van der Waals surface area contributed by atoms with Crippen LogP contribution in [0.3, 0.4) is 0 Å². The van der Waals surface area contributed by atoms with Crippen molar-refractivity contribution >= 4 is 40.7 Å². The van der Waals surface area contributed by atoms with E-state index in [9.17, 15) is 25.0 Å². The van der Waals surface area contributed by atoms with Crippen molar-refractivity contribution < 1.29 is 19.4 Å². The average Bonchev–Trinajstić information content (AvgIpc) is 2.60. The van der Waals surface area contributed by atoms with Gasteiger partial charge in [0.2, 0.25) is 5.15 Å². The molecule has 2 aromatic heterocycles. The Morgan fingerprint density at radius 2 is 1.72 bits per heavy atom. The number of aromatic nitrogens is 2. The first-order chi connectivity index (χ1) is 11.9. The van der Waals surface area contributed by atoms with E-state index in [1.165, 1.54) is 43.8 Å². The van der Waals surface area contributed by atoms with Crippen molar-refractivity contribution in [3.05, 3.63) is 62.0 Å². The second-order valence-electron chi connectivity index (χ2n) is 4.02. The number of carbonyl (C=O) groups excluding carboxylic acids is 1. The summed E-state index contributed by atoms with van der Waals surface area (Å²) in [6, 6.07) is 5.58. The van der Waals surface area contributed by atoms with E-state index in [-0.39, 0.29) is 27.3 Å². The number of ether oxygens (including phenoxy) is 1. The number of pyridine rings is 2. The fraction of sp³-hybridized carbons (Fsp3) is 0.154. The Kier molecular flexibility index (Phi) is 8.23. The molecule has 0 radical (unpaired) electrons. The van der Waals surface area contributed by atoms with Crippen LogP contribution in [0.2, 0.25) is 5.15 Å². The maximum Gasteiger partial charge on any atom is 0.316 e. The van der Waals surface area contributed by atoms with Gasteiger partial charge in [-0.25, -0.2) is 9.97 Å². The third-order valence-electron chi connectivity index (χ3n) is 2.44. The van der Waals surface area contributed by atoms with E-state index in [1.54, 1.807) is 0 Å². The monoisotopic (exact) mass is 386 g/mol. The zero-order chi connectivity index (χ0) is 18.8. The Hall–Kier alpha value is -2.79. The third kappa shape index (κ3) is 6.69. The summed E-state index contributed by atoms with van der Waals surface area (Å²) in [4.78, 5) is 37.7. The van der Waals surface area contributed by atoms with Gasteiger partial charge >= 0.3 is 17.3 Å². The minimum absolute atomic E-state index is 0.00829. The summed E-state index contributed by atoms with van der Waals surface area (Å²) < 4.78 is 4.41. The Balaban J connectivity index is 0.000000271. The molecule has 2 rings (SSSR count). The van der Waals surface area contributed by atoms with E-state index in [0.717, 1.165) is 11.8 Å². The molecule has 10 nitrogen and oxygen atoms in total. The smallest absolute Gasteiger partial charge is 0.316 e. The number of nitro groups is 2. The van der Waals surface area contributed by atoms with Crippen LogP contribution in [0.5, 0.6) is 0 Å². The summed E-state index contributed by atoms with van der Waals surface area (Å²) in [5.74, 6) is -0.436. The van der Waals surface area contributed by atoms with Gasteiger partial charge in [-0.05, 0) is 12.1 Å². The number of thioether (sulfide) groups is 1. The summed E-state index contributed by atoms with van der Waals surface area (Å²) >= 11 is 6.35. The Morgan fingerprint density at radius 3 is 2.20 bits per heavy atom. The van der Waals surface area contributed by atoms with Crippen molar-refractivity contribution in [3.8, 4) is 0 Å². The van der Waals surface area contributed by atoms with Gasteiger partial charge in [0.15, 0.2) is 5.03 Å². The van der Waals surface area contributed by atoms with Crippen molar-refractivity contribution in [2.45, 2.75) is 5.03 Å². The molecule has 0 aromatic carbocycles. The molecule has 0 N–H and O–H groups in total. The highest BCUT2D eigenvalue weighted by Crippen LogP contribution is 2.25. The molecular formula is C13H11ClN4O6S. The molecule has 0 saturated carbocycles. The van der Waals surface area contributed by atoms with Crippen LogP contribution in [0.15, 0.2) is 41.7 Å². The van der Waals surface area contributed by atoms with Gasteiger partial charge in [0.1, 0.15) is 0 Å². The first-order valence-corrected chi connectivity index (χ1v) is 7.77. The Labute approximate surface area is 150 Å². The lowest BCUT2D eigenvalue weighted by Gasteiger charge is -2.00. The number of hydrogen-bond donors (Lipinski definition) is 0. The van der Waals surface area contributed by atoms with Crippen LogP contribution in [-0.2, 0) is 9.53 Å². The predicted octanol–water partition coefficient (Wildman–Crippen LogP) is 2.90. The van der Waals surface area contributed by atoms with Crippen molar-refractivity contribution in [1.29, 1.82) is 0 Å². The van der Waals surface area contributed by atoms with Gasteiger partial charge in [-0.15, -0.1) is 0 Å². The van der Waals surface area contributed by atoms with E-state index in [0.29, 0.717) is 0 Å². The number of carbonyl (C=O) groups is 1. The molecule has 0 unspecified atom stereocenters. The largest absolute Gasteiger partial charge is 0.468 e. The standard InChI is InChI=1S/C8H8N2O4S.C5H3ClN2O2/c1-14-7(11)5-15-8-6(10(12)13)3-2-4-9-8;6-5-4(8(9)10)2-1-3-7-5/h2-4H,5H2,1H3;1-3H. The fourth-order valence-electron chi connectivity index (χ4n) is 1.33. The van der Waals surface area contributed by atoms with Gasteiger partial charge in [0, 0.05) is 24.5 Å². The molecule has 12 heteroatoms. The van der Waals surface area contributed by atoms with E-state index < -0.39 is 15.8 Å². The summed E-state index contributed by atoms with van der Waals surface area (Å²) in [6.07, 6.45) is 2.84. The molecule has 2 aromatic rings. The molecule has 25 heavy (non-hydrogen) atoms. The molecule has 0 saturated heterocycles. The number of methoxy groups -OCH3 is 1. The maximum atomic E-state index is 10.8. The second-order valence-corrected chi connectivity index (χ2v) is 5.34. The topological polar surface area (TPSA) is 138 Å². The molecule has 0 fully saturated rings. The predicted molar refractivity (Wildman–Crippen MR) is 89.5 cm³/mol. The van der Waals surface area contributed by atoms with Gasteiger partial charge in [-0.1, -0.05) is 23.4 Å². The number of halogens is 1. The lowest BCUT2D eigenvalue weighted by Crippen LogP contribution is -2.04. The van der Waals surface area contributed by atoms with E-state index in [1.807, 2.05) is 0 Å². The lowest BCUT2D eigenvalue weighted by atomic mass is 10.4. The highest BCUT2D eigenvalue weighted by Gasteiger charge is 2.15. The summed E-state index contributed by atoms with van der Waals surface area (Å²) in [7, 11) is 1.26. The van der Waals surface area contributed by atoms with Crippen LogP contribution in [0.25, 0.3) is 0 Å². The minimum Gasteiger partial charge on any atom is -0.468 e.